The molecule has 1 aromatic heterocycles. The number of aliphatic carboxylic acids is 1. The van der Waals surface area contributed by atoms with Gasteiger partial charge in [-0.3, -0.25) is 14.3 Å². The first kappa shape index (κ1) is 19.1. The van der Waals surface area contributed by atoms with Crippen molar-refractivity contribution in [2.45, 2.75) is 31.9 Å². The molecule has 1 heterocycles. The van der Waals surface area contributed by atoms with Crippen LogP contribution in [0.25, 0.3) is 0 Å². The average molecular weight is 361 g/mol. The van der Waals surface area contributed by atoms with Gasteiger partial charge in [0, 0.05) is 29.9 Å². The van der Waals surface area contributed by atoms with Gasteiger partial charge in [0.25, 0.3) is 5.91 Å². The quantitative estimate of drug-likeness (QED) is 0.703. The first-order valence-corrected chi connectivity index (χ1v) is 9.26. The Kier molecular flexibility index (Phi) is 6.64. The molecule has 2 aromatic rings. The van der Waals surface area contributed by atoms with Gasteiger partial charge in [-0.05, 0) is 29.7 Å². The molecule has 1 amide bonds. The maximum atomic E-state index is 12.4. The van der Waals surface area contributed by atoms with Crippen LogP contribution in [0, 0.1) is 0 Å². The van der Waals surface area contributed by atoms with E-state index in [4.69, 9.17) is 5.11 Å². The van der Waals surface area contributed by atoms with Crippen molar-refractivity contribution in [3.63, 3.8) is 0 Å². The average Bonchev–Trinajstić information content (AvgIpc) is 2.94. The van der Waals surface area contributed by atoms with Crippen LogP contribution in [0.1, 0.15) is 47.9 Å². The summed E-state index contributed by atoms with van der Waals surface area (Å²) >= 11 is 1.56. The molecule has 0 spiro atoms. The Bertz CT molecular complexity index is 756. The van der Waals surface area contributed by atoms with E-state index in [0.717, 1.165) is 11.3 Å². The fourth-order valence-electron chi connectivity index (χ4n) is 2.42. The third-order valence-corrected chi connectivity index (χ3v) is 4.68. The van der Waals surface area contributed by atoms with Crippen LogP contribution in [0.2, 0.25) is 0 Å². The predicted molar refractivity (Wildman–Crippen MR) is 100 cm³/mol. The number of carbonyl (C=O) groups excluding carboxylic acids is 1. The number of aryl methyl sites for hydroxylation is 1. The lowest BCUT2D eigenvalue weighted by Gasteiger charge is -2.06. The van der Waals surface area contributed by atoms with E-state index < -0.39 is 5.97 Å². The highest BCUT2D eigenvalue weighted by molar-refractivity contribution is 7.98. The van der Waals surface area contributed by atoms with Gasteiger partial charge in [-0.2, -0.15) is 16.9 Å². The van der Waals surface area contributed by atoms with Crippen LogP contribution < -0.4 is 5.32 Å². The molecule has 0 aliphatic rings. The van der Waals surface area contributed by atoms with Gasteiger partial charge >= 0.3 is 5.97 Å². The van der Waals surface area contributed by atoms with Crippen LogP contribution in [-0.2, 0) is 17.6 Å². The summed E-state index contributed by atoms with van der Waals surface area (Å²) in [7, 11) is 1.83. The summed E-state index contributed by atoms with van der Waals surface area (Å²) in [5.41, 5.74) is 3.15. The summed E-state index contributed by atoms with van der Waals surface area (Å²) in [6, 6.07) is 9.38. The summed E-state index contributed by atoms with van der Waals surface area (Å²) in [5.74, 6) is 0.545. The number of carbonyl (C=O) groups is 2. The molecule has 6 nitrogen and oxygen atoms in total. The van der Waals surface area contributed by atoms with Crippen LogP contribution in [0.3, 0.4) is 0 Å². The van der Waals surface area contributed by atoms with Crippen molar-refractivity contribution < 1.29 is 14.7 Å². The van der Waals surface area contributed by atoms with Crippen molar-refractivity contribution >= 4 is 29.3 Å². The number of thioether (sulfide) groups is 1. The summed E-state index contributed by atoms with van der Waals surface area (Å²) in [5, 5.41) is 15.8. The van der Waals surface area contributed by atoms with E-state index in [1.54, 1.807) is 16.4 Å². The third kappa shape index (κ3) is 5.63. The molecule has 0 aliphatic heterocycles. The van der Waals surface area contributed by atoms with Crippen molar-refractivity contribution in [3.05, 3.63) is 47.3 Å². The molecule has 0 atom stereocenters. The van der Waals surface area contributed by atoms with E-state index >= 15 is 0 Å². The number of rotatable bonds is 8. The van der Waals surface area contributed by atoms with Crippen LogP contribution in [-0.4, -0.2) is 32.5 Å². The maximum Gasteiger partial charge on any atom is 0.304 e. The zero-order valence-corrected chi connectivity index (χ0v) is 15.5. The Hall–Kier alpha value is -2.28. The van der Waals surface area contributed by atoms with Crippen molar-refractivity contribution in [1.29, 1.82) is 0 Å². The molecule has 0 radical (unpaired) electrons. The Balaban J connectivity index is 1.98. The van der Waals surface area contributed by atoms with Crippen LogP contribution >= 0.6 is 11.8 Å². The highest BCUT2D eigenvalue weighted by Gasteiger charge is 2.15. The maximum absolute atomic E-state index is 12.4. The predicted octanol–water partition coefficient (Wildman–Crippen LogP) is 3.50. The first-order chi connectivity index (χ1) is 11.9. The summed E-state index contributed by atoms with van der Waals surface area (Å²) < 4.78 is 1.73. The fraction of sp³-hybridized carbons (Fsp3) is 0.389. The molecule has 134 valence electrons. The lowest BCUT2D eigenvalue weighted by Crippen LogP contribution is -2.13. The molecule has 0 bridgehead atoms. The van der Waals surface area contributed by atoms with Crippen LogP contribution in [0.4, 0.5) is 5.69 Å². The van der Waals surface area contributed by atoms with Crippen molar-refractivity contribution in [2.75, 3.05) is 11.1 Å². The molecule has 0 saturated carbocycles. The molecule has 2 N–H and O–H groups in total. The van der Waals surface area contributed by atoms with Crippen molar-refractivity contribution in [2.24, 2.45) is 7.05 Å². The SMILES string of the molecule is CC(C)c1cc(C(=O)Nc2cccc(CSCCC(=O)O)c2)nn1C. The molecule has 7 heteroatoms. The zero-order chi connectivity index (χ0) is 18.4. The van der Waals surface area contributed by atoms with Gasteiger partial charge in [-0.15, -0.1) is 0 Å². The summed E-state index contributed by atoms with van der Waals surface area (Å²) in [6.07, 6.45) is 0.152. The van der Waals surface area contributed by atoms with E-state index in [-0.39, 0.29) is 12.3 Å². The molecule has 0 saturated heterocycles. The van der Waals surface area contributed by atoms with Gasteiger partial charge in [0.1, 0.15) is 0 Å². The second-order valence-electron chi connectivity index (χ2n) is 6.08. The van der Waals surface area contributed by atoms with Gasteiger partial charge in [0.2, 0.25) is 0 Å². The number of aromatic nitrogens is 2. The lowest BCUT2D eigenvalue weighted by molar-refractivity contribution is -0.136. The molecule has 0 unspecified atom stereocenters. The van der Waals surface area contributed by atoms with Crippen molar-refractivity contribution in [1.82, 2.24) is 9.78 Å². The second kappa shape index (κ2) is 8.71. The molecular formula is C18H23N3O3S. The summed E-state index contributed by atoms with van der Waals surface area (Å²) in [6.45, 7) is 4.12. The Morgan fingerprint density at radius 2 is 2.08 bits per heavy atom. The van der Waals surface area contributed by atoms with E-state index in [1.807, 2.05) is 37.4 Å². The number of anilines is 1. The number of amides is 1. The van der Waals surface area contributed by atoms with Gasteiger partial charge < -0.3 is 10.4 Å². The number of carboxylic acid groups (broad SMARTS) is 1. The third-order valence-electron chi connectivity index (χ3n) is 3.65. The van der Waals surface area contributed by atoms with E-state index in [0.29, 0.717) is 28.8 Å². The number of nitrogens with one attached hydrogen (secondary N) is 1. The van der Waals surface area contributed by atoms with E-state index in [2.05, 4.69) is 24.3 Å². The number of hydrogen-bond acceptors (Lipinski definition) is 4. The van der Waals surface area contributed by atoms with Gasteiger partial charge in [0.05, 0.1) is 6.42 Å². The standard InChI is InChI=1S/C18H23N3O3S/c1-12(2)16-10-15(20-21(16)3)18(24)19-14-6-4-5-13(9-14)11-25-8-7-17(22)23/h4-6,9-10,12H,7-8,11H2,1-3H3,(H,19,24)(H,22,23). The highest BCUT2D eigenvalue weighted by atomic mass is 32.2. The monoisotopic (exact) mass is 361 g/mol. The highest BCUT2D eigenvalue weighted by Crippen LogP contribution is 2.19. The topological polar surface area (TPSA) is 84.2 Å². The van der Waals surface area contributed by atoms with Crippen molar-refractivity contribution in [3.8, 4) is 0 Å². The minimum absolute atomic E-state index is 0.152. The minimum Gasteiger partial charge on any atom is -0.481 e. The Morgan fingerprint density at radius 1 is 1.32 bits per heavy atom. The molecule has 1 aromatic carbocycles. The van der Waals surface area contributed by atoms with E-state index in [9.17, 15) is 9.59 Å². The largest absolute Gasteiger partial charge is 0.481 e. The van der Waals surface area contributed by atoms with Crippen LogP contribution in [0.15, 0.2) is 30.3 Å². The fourth-order valence-corrected chi connectivity index (χ4v) is 3.30. The van der Waals surface area contributed by atoms with E-state index in [1.165, 1.54) is 0 Å². The molecule has 2 rings (SSSR count). The molecule has 25 heavy (non-hydrogen) atoms. The summed E-state index contributed by atoms with van der Waals surface area (Å²) in [4.78, 5) is 22.9. The van der Waals surface area contributed by atoms with Gasteiger partial charge in [-0.25, -0.2) is 0 Å². The van der Waals surface area contributed by atoms with Crippen LogP contribution in [0.5, 0.6) is 0 Å². The number of nitrogens with zero attached hydrogens (tertiary/aromatic N) is 2. The normalized spacial score (nSPS) is 10.9. The molecule has 0 aliphatic carbocycles. The molecular weight excluding hydrogens is 338 g/mol. The van der Waals surface area contributed by atoms with Gasteiger partial charge in [0.15, 0.2) is 5.69 Å². The number of benzene rings is 1. The number of hydrogen-bond donors (Lipinski definition) is 2. The Labute approximate surface area is 151 Å². The molecule has 0 fully saturated rings. The Morgan fingerprint density at radius 3 is 2.72 bits per heavy atom. The zero-order valence-electron chi connectivity index (χ0n) is 14.7. The lowest BCUT2D eigenvalue weighted by atomic mass is 10.1. The minimum atomic E-state index is -0.787. The second-order valence-corrected chi connectivity index (χ2v) is 7.19. The first-order valence-electron chi connectivity index (χ1n) is 8.10. The number of carboxylic acids is 1. The van der Waals surface area contributed by atoms with Gasteiger partial charge in [-0.1, -0.05) is 26.0 Å². The smallest absolute Gasteiger partial charge is 0.304 e.